The van der Waals surface area contributed by atoms with Gasteiger partial charge in [-0.2, -0.15) is 0 Å². The first kappa shape index (κ1) is 19.4. The molecule has 1 saturated carbocycles. The van der Waals surface area contributed by atoms with E-state index in [1.54, 1.807) is 18.0 Å². The predicted octanol–water partition coefficient (Wildman–Crippen LogP) is 4.38. The predicted molar refractivity (Wildman–Crippen MR) is 109 cm³/mol. The molecule has 5 heteroatoms. The second kappa shape index (κ2) is 8.57. The first-order valence-corrected chi connectivity index (χ1v) is 9.79. The van der Waals surface area contributed by atoms with E-state index in [2.05, 4.69) is 5.32 Å². The van der Waals surface area contributed by atoms with Gasteiger partial charge >= 0.3 is 0 Å². The van der Waals surface area contributed by atoms with Crippen molar-refractivity contribution < 1.29 is 9.59 Å². The lowest BCUT2D eigenvalue weighted by molar-refractivity contribution is -0.124. The summed E-state index contributed by atoms with van der Waals surface area (Å²) in [6, 6.07) is 15.6. The van der Waals surface area contributed by atoms with E-state index in [0.29, 0.717) is 23.6 Å². The Morgan fingerprint density at radius 3 is 2.52 bits per heavy atom. The molecule has 2 aromatic carbocycles. The van der Waals surface area contributed by atoms with Crippen molar-refractivity contribution in [3.63, 3.8) is 0 Å². The number of rotatable bonds is 5. The first-order valence-electron chi connectivity index (χ1n) is 9.41. The molecule has 1 aliphatic rings. The van der Waals surface area contributed by atoms with E-state index in [4.69, 9.17) is 11.6 Å². The molecule has 2 unspecified atom stereocenters. The lowest BCUT2D eigenvalue weighted by Gasteiger charge is -2.25. The SMILES string of the molecule is CCNC(=O)C1CCC(N(C)C(=O)c2ccc(-c3ccccc3)cc2Cl)C1. The molecule has 0 spiro atoms. The van der Waals surface area contributed by atoms with Crippen LogP contribution in [0.1, 0.15) is 36.5 Å². The van der Waals surface area contributed by atoms with Crippen LogP contribution in [-0.4, -0.2) is 36.3 Å². The third-order valence-electron chi connectivity index (χ3n) is 5.30. The Morgan fingerprint density at radius 1 is 1.11 bits per heavy atom. The van der Waals surface area contributed by atoms with Crippen molar-refractivity contribution in [2.45, 2.75) is 32.2 Å². The molecule has 0 aliphatic heterocycles. The minimum atomic E-state index is -0.0961. The fourth-order valence-electron chi connectivity index (χ4n) is 3.72. The van der Waals surface area contributed by atoms with Crippen LogP contribution in [0.3, 0.4) is 0 Å². The summed E-state index contributed by atoms with van der Waals surface area (Å²) in [6.45, 7) is 2.55. The fraction of sp³-hybridized carbons (Fsp3) is 0.364. The minimum absolute atomic E-state index is 0.0128. The maximum atomic E-state index is 12.9. The van der Waals surface area contributed by atoms with Crippen molar-refractivity contribution in [3.05, 3.63) is 59.1 Å². The van der Waals surface area contributed by atoms with Crippen LogP contribution in [0.15, 0.2) is 48.5 Å². The van der Waals surface area contributed by atoms with E-state index in [0.717, 1.165) is 24.0 Å². The van der Waals surface area contributed by atoms with E-state index in [1.165, 1.54) is 0 Å². The summed E-state index contributed by atoms with van der Waals surface area (Å²) in [4.78, 5) is 26.7. The first-order chi connectivity index (χ1) is 13.0. The summed E-state index contributed by atoms with van der Waals surface area (Å²) in [5.41, 5.74) is 2.55. The maximum Gasteiger partial charge on any atom is 0.255 e. The van der Waals surface area contributed by atoms with Gasteiger partial charge < -0.3 is 10.2 Å². The lowest BCUT2D eigenvalue weighted by atomic mass is 10.0. The second-order valence-electron chi connectivity index (χ2n) is 7.04. The van der Waals surface area contributed by atoms with Gasteiger partial charge in [0.05, 0.1) is 10.6 Å². The zero-order valence-corrected chi connectivity index (χ0v) is 16.5. The van der Waals surface area contributed by atoms with E-state index in [9.17, 15) is 9.59 Å². The summed E-state index contributed by atoms with van der Waals surface area (Å²) < 4.78 is 0. The Balaban J connectivity index is 1.71. The van der Waals surface area contributed by atoms with Gasteiger partial charge in [-0.15, -0.1) is 0 Å². The van der Waals surface area contributed by atoms with Crippen molar-refractivity contribution in [2.24, 2.45) is 5.92 Å². The Labute approximate surface area is 165 Å². The van der Waals surface area contributed by atoms with Crippen LogP contribution in [0.2, 0.25) is 5.02 Å². The highest BCUT2D eigenvalue weighted by molar-refractivity contribution is 6.34. The molecule has 1 fully saturated rings. The largest absolute Gasteiger partial charge is 0.356 e. The van der Waals surface area contributed by atoms with E-state index < -0.39 is 0 Å². The van der Waals surface area contributed by atoms with Crippen LogP contribution in [0.4, 0.5) is 0 Å². The van der Waals surface area contributed by atoms with E-state index in [-0.39, 0.29) is 23.8 Å². The van der Waals surface area contributed by atoms with Gasteiger partial charge in [-0.05, 0) is 49.4 Å². The number of halogens is 1. The van der Waals surface area contributed by atoms with Crippen molar-refractivity contribution in [3.8, 4) is 11.1 Å². The average Bonchev–Trinajstić information content (AvgIpc) is 3.18. The van der Waals surface area contributed by atoms with Gasteiger partial charge in [-0.25, -0.2) is 0 Å². The summed E-state index contributed by atoms with van der Waals surface area (Å²) in [6.07, 6.45) is 2.35. The molecule has 0 aromatic heterocycles. The molecule has 1 aliphatic carbocycles. The number of nitrogens with zero attached hydrogens (tertiary/aromatic N) is 1. The second-order valence-corrected chi connectivity index (χ2v) is 7.44. The normalized spacial score (nSPS) is 18.9. The molecule has 1 N–H and O–H groups in total. The zero-order chi connectivity index (χ0) is 19.4. The van der Waals surface area contributed by atoms with Gasteiger partial charge in [0.15, 0.2) is 0 Å². The van der Waals surface area contributed by atoms with Crippen LogP contribution >= 0.6 is 11.6 Å². The van der Waals surface area contributed by atoms with E-state index >= 15 is 0 Å². The molecule has 4 nitrogen and oxygen atoms in total. The number of carbonyl (C=O) groups excluding carboxylic acids is 2. The number of carbonyl (C=O) groups is 2. The van der Waals surface area contributed by atoms with Gasteiger partial charge in [0.25, 0.3) is 5.91 Å². The molecular weight excluding hydrogens is 360 g/mol. The highest BCUT2D eigenvalue weighted by Gasteiger charge is 2.34. The molecule has 0 bridgehead atoms. The number of benzene rings is 2. The Kier molecular flexibility index (Phi) is 6.17. The van der Waals surface area contributed by atoms with Gasteiger partial charge in [0.2, 0.25) is 5.91 Å². The van der Waals surface area contributed by atoms with Crippen LogP contribution in [0, 0.1) is 5.92 Å². The van der Waals surface area contributed by atoms with Gasteiger partial charge in [-0.1, -0.05) is 48.0 Å². The molecule has 0 heterocycles. The lowest BCUT2D eigenvalue weighted by Crippen LogP contribution is -2.36. The highest BCUT2D eigenvalue weighted by Crippen LogP contribution is 2.31. The summed E-state index contributed by atoms with van der Waals surface area (Å²) in [5, 5.41) is 3.33. The number of hydrogen-bond donors (Lipinski definition) is 1. The van der Waals surface area contributed by atoms with Gasteiger partial charge in [0.1, 0.15) is 0 Å². The molecule has 27 heavy (non-hydrogen) atoms. The fourth-order valence-corrected chi connectivity index (χ4v) is 3.98. The Hall–Kier alpha value is -2.33. The third-order valence-corrected chi connectivity index (χ3v) is 5.61. The minimum Gasteiger partial charge on any atom is -0.356 e. The Morgan fingerprint density at radius 2 is 1.85 bits per heavy atom. The quantitative estimate of drug-likeness (QED) is 0.831. The number of nitrogens with one attached hydrogen (secondary N) is 1. The molecule has 2 atom stereocenters. The maximum absolute atomic E-state index is 12.9. The van der Waals surface area contributed by atoms with Crippen LogP contribution in [-0.2, 0) is 4.79 Å². The monoisotopic (exact) mass is 384 g/mol. The molecule has 2 aromatic rings. The van der Waals surface area contributed by atoms with E-state index in [1.807, 2.05) is 49.4 Å². The molecule has 0 saturated heterocycles. The summed E-state index contributed by atoms with van der Waals surface area (Å²) >= 11 is 6.43. The van der Waals surface area contributed by atoms with Crippen LogP contribution in [0.5, 0.6) is 0 Å². The standard InChI is InChI=1S/C22H25ClN2O2/c1-3-24-21(26)17-9-11-18(13-17)25(2)22(27)19-12-10-16(14-20(19)23)15-7-5-4-6-8-15/h4-8,10,12,14,17-18H,3,9,11,13H2,1-2H3,(H,24,26). The third kappa shape index (κ3) is 4.33. The molecular formula is C22H25ClN2O2. The van der Waals surface area contributed by atoms with Crippen molar-refractivity contribution >= 4 is 23.4 Å². The number of hydrogen-bond acceptors (Lipinski definition) is 2. The summed E-state index contributed by atoms with van der Waals surface area (Å²) in [5.74, 6) is -0.0200. The number of amides is 2. The zero-order valence-electron chi connectivity index (χ0n) is 15.7. The summed E-state index contributed by atoms with van der Waals surface area (Å²) in [7, 11) is 1.80. The smallest absolute Gasteiger partial charge is 0.255 e. The average molecular weight is 385 g/mol. The van der Waals surface area contributed by atoms with Crippen LogP contribution in [0.25, 0.3) is 11.1 Å². The molecule has 3 rings (SSSR count). The van der Waals surface area contributed by atoms with Gasteiger partial charge in [0, 0.05) is 25.6 Å². The highest BCUT2D eigenvalue weighted by atomic mass is 35.5. The van der Waals surface area contributed by atoms with Gasteiger partial charge in [-0.3, -0.25) is 9.59 Å². The molecule has 2 amide bonds. The van der Waals surface area contributed by atoms with Crippen LogP contribution < -0.4 is 5.32 Å². The Bertz CT molecular complexity index is 822. The molecule has 142 valence electrons. The van der Waals surface area contributed by atoms with Crippen molar-refractivity contribution in [1.29, 1.82) is 0 Å². The van der Waals surface area contributed by atoms with Crippen molar-refractivity contribution in [1.82, 2.24) is 10.2 Å². The topological polar surface area (TPSA) is 49.4 Å². The van der Waals surface area contributed by atoms with Crippen molar-refractivity contribution in [2.75, 3.05) is 13.6 Å². The molecule has 0 radical (unpaired) electrons.